The van der Waals surface area contributed by atoms with E-state index in [4.69, 9.17) is 18.9 Å². The summed E-state index contributed by atoms with van der Waals surface area (Å²) in [6.45, 7) is 9.25. The van der Waals surface area contributed by atoms with Crippen LogP contribution in [-0.4, -0.2) is 62.3 Å². The van der Waals surface area contributed by atoms with E-state index in [9.17, 15) is 14.7 Å². The zero-order valence-electron chi connectivity index (χ0n) is 21.8. The number of nitrogens with zero attached hydrogens (tertiary/aromatic N) is 1. The van der Waals surface area contributed by atoms with Crippen molar-refractivity contribution < 1.29 is 33.6 Å². The first kappa shape index (κ1) is 27.1. The molecule has 1 saturated heterocycles. The van der Waals surface area contributed by atoms with Gasteiger partial charge in [0.15, 0.2) is 11.5 Å². The Bertz CT molecular complexity index is 1140. The zero-order valence-corrected chi connectivity index (χ0v) is 21.8. The summed E-state index contributed by atoms with van der Waals surface area (Å²) in [5.74, 6) is 0.375. The summed E-state index contributed by atoms with van der Waals surface area (Å²) >= 11 is 0. The molecule has 8 nitrogen and oxygen atoms in total. The van der Waals surface area contributed by atoms with Gasteiger partial charge in [0.2, 0.25) is 0 Å². The van der Waals surface area contributed by atoms with Crippen molar-refractivity contribution in [1.82, 2.24) is 4.90 Å². The Hall–Kier alpha value is -3.52. The van der Waals surface area contributed by atoms with E-state index < -0.39 is 17.7 Å². The molecule has 0 aromatic heterocycles. The predicted octanol–water partition coefficient (Wildman–Crippen LogP) is 4.51. The Morgan fingerprint density at radius 3 is 2.42 bits per heavy atom. The van der Waals surface area contributed by atoms with Gasteiger partial charge in [0.25, 0.3) is 11.7 Å². The molecule has 1 amide bonds. The number of aliphatic hydroxyl groups is 1. The van der Waals surface area contributed by atoms with Gasteiger partial charge in [-0.1, -0.05) is 19.9 Å². The molecule has 8 heteroatoms. The lowest BCUT2D eigenvalue weighted by Gasteiger charge is -2.26. The van der Waals surface area contributed by atoms with Gasteiger partial charge in [-0.25, -0.2) is 0 Å². The van der Waals surface area contributed by atoms with Crippen LogP contribution in [0.5, 0.6) is 17.2 Å². The van der Waals surface area contributed by atoms with E-state index in [0.717, 1.165) is 5.56 Å². The van der Waals surface area contributed by atoms with Crippen LogP contribution in [-0.2, 0) is 14.3 Å². The Kier molecular flexibility index (Phi) is 8.98. The number of carbonyl (C=O) groups excluding carboxylic acids is 2. The molecule has 1 N–H and O–H groups in total. The lowest BCUT2D eigenvalue weighted by molar-refractivity contribution is -0.140. The molecule has 3 rings (SSSR count). The Labute approximate surface area is 212 Å². The molecule has 1 heterocycles. The van der Waals surface area contributed by atoms with Crippen LogP contribution in [0.3, 0.4) is 0 Å². The molecule has 194 valence electrons. The van der Waals surface area contributed by atoms with Crippen molar-refractivity contribution in [3.8, 4) is 17.2 Å². The molecular weight excluding hydrogens is 462 g/mol. The second-order valence-electron chi connectivity index (χ2n) is 9.01. The molecule has 1 aliphatic heterocycles. The molecule has 0 spiro atoms. The first-order chi connectivity index (χ1) is 17.2. The number of hydrogen-bond donors (Lipinski definition) is 1. The molecule has 2 aromatic rings. The lowest BCUT2D eigenvalue weighted by atomic mass is 9.93. The van der Waals surface area contributed by atoms with E-state index in [1.54, 1.807) is 30.3 Å². The van der Waals surface area contributed by atoms with Crippen molar-refractivity contribution in [2.45, 2.75) is 33.7 Å². The van der Waals surface area contributed by atoms with E-state index >= 15 is 0 Å². The van der Waals surface area contributed by atoms with Crippen LogP contribution in [0, 0.1) is 12.8 Å². The van der Waals surface area contributed by atoms with E-state index in [2.05, 4.69) is 13.8 Å². The van der Waals surface area contributed by atoms with Crippen LogP contribution in [0.2, 0.25) is 0 Å². The molecule has 2 aromatic carbocycles. The summed E-state index contributed by atoms with van der Waals surface area (Å²) in [5, 5.41) is 11.4. The number of Topliss-reactive ketones (excluding diaryl/α,β-unsaturated/α-hetero) is 1. The molecule has 0 saturated carbocycles. The predicted molar refractivity (Wildman–Crippen MR) is 137 cm³/mol. The molecular formula is C28H35NO7. The number of rotatable bonds is 11. The van der Waals surface area contributed by atoms with Crippen molar-refractivity contribution in [2.75, 3.05) is 40.6 Å². The van der Waals surface area contributed by atoms with Gasteiger partial charge < -0.3 is 29.0 Å². The number of methoxy groups -OCH3 is 2. The highest BCUT2D eigenvalue weighted by atomic mass is 16.5. The highest BCUT2D eigenvalue weighted by molar-refractivity contribution is 6.46. The topological polar surface area (TPSA) is 94.5 Å². The third-order valence-electron chi connectivity index (χ3n) is 5.92. The average Bonchev–Trinajstić information content (AvgIpc) is 3.11. The van der Waals surface area contributed by atoms with E-state index in [1.807, 2.05) is 19.9 Å². The number of amides is 1. The van der Waals surface area contributed by atoms with Crippen LogP contribution in [0.1, 0.15) is 43.5 Å². The molecule has 0 bridgehead atoms. The molecule has 0 radical (unpaired) electrons. The van der Waals surface area contributed by atoms with Gasteiger partial charge in [0.1, 0.15) is 11.5 Å². The maximum atomic E-state index is 13.2. The Balaban J connectivity index is 2.12. The molecule has 1 atom stereocenters. The van der Waals surface area contributed by atoms with Crippen molar-refractivity contribution in [2.24, 2.45) is 5.92 Å². The Morgan fingerprint density at radius 1 is 1.06 bits per heavy atom. The standard InChI is InChI=1S/C28H35NO7/c1-7-35-22-11-8-19(15-23(22)34-6)25-24(27(31)28(32)29(25)12-13-33-5)26(30)21-10-9-20(14-18(21)4)36-16-17(2)3/h8-11,14-15,17,25,30H,7,12-13,16H2,1-6H3/b26-24-. The highest BCUT2D eigenvalue weighted by Crippen LogP contribution is 2.42. The summed E-state index contributed by atoms with van der Waals surface area (Å²) < 4.78 is 22.1. The second kappa shape index (κ2) is 11.9. The summed E-state index contributed by atoms with van der Waals surface area (Å²) in [4.78, 5) is 27.7. The SMILES string of the molecule is CCOc1ccc(C2/C(=C(/O)c3ccc(OCC(C)C)cc3C)C(=O)C(=O)N2CCOC)cc1OC. The number of likely N-dealkylation sites (tertiary alicyclic amines) is 1. The number of ether oxygens (including phenoxy) is 4. The number of ketones is 1. The van der Waals surface area contributed by atoms with Crippen molar-refractivity contribution in [1.29, 1.82) is 0 Å². The molecule has 1 fully saturated rings. The monoisotopic (exact) mass is 497 g/mol. The summed E-state index contributed by atoms with van der Waals surface area (Å²) in [7, 11) is 3.05. The summed E-state index contributed by atoms with van der Waals surface area (Å²) in [5.41, 5.74) is 1.81. The van der Waals surface area contributed by atoms with Crippen LogP contribution in [0.25, 0.3) is 5.76 Å². The van der Waals surface area contributed by atoms with Gasteiger partial charge in [0.05, 0.1) is 38.5 Å². The average molecular weight is 498 g/mol. The van der Waals surface area contributed by atoms with Gasteiger partial charge in [0, 0.05) is 19.2 Å². The molecule has 1 aliphatic rings. The van der Waals surface area contributed by atoms with E-state index in [1.165, 1.54) is 19.1 Å². The van der Waals surface area contributed by atoms with Gasteiger partial charge in [-0.2, -0.15) is 0 Å². The van der Waals surface area contributed by atoms with Crippen LogP contribution in [0.15, 0.2) is 42.0 Å². The minimum absolute atomic E-state index is 0.0151. The largest absolute Gasteiger partial charge is 0.507 e. The number of carbonyl (C=O) groups is 2. The van der Waals surface area contributed by atoms with Crippen molar-refractivity contribution >= 4 is 17.4 Å². The fourth-order valence-corrected chi connectivity index (χ4v) is 4.18. The Morgan fingerprint density at radius 2 is 1.81 bits per heavy atom. The van der Waals surface area contributed by atoms with Gasteiger partial charge >= 0.3 is 0 Å². The first-order valence-corrected chi connectivity index (χ1v) is 12.0. The third-order valence-corrected chi connectivity index (χ3v) is 5.92. The summed E-state index contributed by atoms with van der Waals surface area (Å²) in [6, 6.07) is 9.69. The number of aryl methyl sites for hydroxylation is 1. The minimum atomic E-state index is -0.819. The fraction of sp³-hybridized carbons (Fsp3) is 0.429. The van der Waals surface area contributed by atoms with E-state index in [-0.39, 0.29) is 24.5 Å². The molecule has 1 unspecified atom stereocenters. The molecule has 36 heavy (non-hydrogen) atoms. The van der Waals surface area contributed by atoms with Gasteiger partial charge in [-0.05, 0) is 61.2 Å². The van der Waals surface area contributed by atoms with Gasteiger partial charge in [-0.15, -0.1) is 0 Å². The third kappa shape index (κ3) is 5.65. The minimum Gasteiger partial charge on any atom is -0.507 e. The molecule has 0 aliphatic carbocycles. The fourth-order valence-electron chi connectivity index (χ4n) is 4.18. The lowest BCUT2D eigenvalue weighted by Crippen LogP contribution is -2.32. The number of hydrogen-bond acceptors (Lipinski definition) is 7. The summed E-state index contributed by atoms with van der Waals surface area (Å²) in [6.07, 6.45) is 0. The quantitative estimate of drug-likeness (QED) is 0.277. The normalized spacial score (nSPS) is 17.1. The number of benzene rings is 2. The van der Waals surface area contributed by atoms with Crippen molar-refractivity contribution in [3.63, 3.8) is 0 Å². The van der Waals surface area contributed by atoms with E-state index in [0.29, 0.717) is 47.5 Å². The maximum Gasteiger partial charge on any atom is 0.295 e. The number of aliphatic hydroxyl groups excluding tert-OH is 1. The highest BCUT2D eigenvalue weighted by Gasteiger charge is 2.46. The smallest absolute Gasteiger partial charge is 0.295 e. The second-order valence-corrected chi connectivity index (χ2v) is 9.01. The van der Waals surface area contributed by atoms with Crippen LogP contribution < -0.4 is 14.2 Å². The van der Waals surface area contributed by atoms with Crippen LogP contribution in [0.4, 0.5) is 0 Å². The maximum absolute atomic E-state index is 13.2. The van der Waals surface area contributed by atoms with Crippen molar-refractivity contribution in [3.05, 3.63) is 58.7 Å². The van der Waals surface area contributed by atoms with Crippen LogP contribution >= 0.6 is 0 Å². The zero-order chi connectivity index (χ0) is 26.4. The van der Waals surface area contributed by atoms with Gasteiger partial charge in [-0.3, -0.25) is 9.59 Å². The first-order valence-electron chi connectivity index (χ1n) is 12.0.